The Labute approximate surface area is 107 Å². The van der Waals surface area contributed by atoms with Crippen molar-refractivity contribution in [2.75, 3.05) is 13.2 Å². The molecule has 94 valence electrons. The van der Waals surface area contributed by atoms with Crippen molar-refractivity contribution in [2.45, 2.75) is 20.8 Å². The Morgan fingerprint density at radius 1 is 1.47 bits per heavy atom. The standard InChI is InChI=1S/C13H18ClNO2/c1-9-4-5-10(6-11(9)14)12(17)15-7-13(2,3)8-16/h4-6,16H,7-8H2,1-3H3,(H,15,17). The number of carbonyl (C=O) groups is 1. The summed E-state index contributed by atoms with van der Waals surface area (Å²) in [5.41, 5.74) is 1.16. The SMILES string of the molecule is Cc1ccc(C(=O)NCC(C)(C)CO)cc1Cl. The second kappa shape index (κ2) is 5.52. The molecule has 0 aliphatic heterocycles. The number of rotatable bonds is 4. The summed E-state index contributed by atoms with van der Waals surface area (Å²) in [4.78, 5) is 11.8. The first kappa shape index (κ1) is 14.0. The van der Waals surface area contributed by atoms with Crippen LogP contribution < -0.4 is 5.32 Å². The van der Waals surface area contributed by atoms with Gasteiger partial charge in [-0.3, -0.25) is 4.79 Å². The van der Waals surface area contributed by atoms with Crippen LogP contribution in [0, 0.1) is 12.3 Å². The summed E-state index contributed by atoms with van der Waals surface area (Å²) in [7, 11) is 0. The Morgan fingerprint density at radius 2 is 2.12 bits per heavy atom. The van der Waals surface area contributed by atoms with Crippen LogP contribution in [0.4, 0.5) is 0 Å². The van der Waals surface area contributed by atoms with Gasteiger partial charge >= 0.3 is 0 Å². The molecule has 0 aromatic heterocycles. The van der Waals surface area contributed by atoms with Gasteiger partial charge in [-0.2, -0.15) is 0 Å². The summed E-state index contributed by atoms with van der Waals surface area (Å²) < 4.78 is 0. The smallest absolute Gasteiger partial charge is 0.251 e. The number of amides is 1. The number of halogens is 1. The zero-order valence-electron chi connectivity index (χ0n) is 10.4. The normalized spacial score (nSPS) is 11.4. The molecule has 0 unspecified atom stereocenters. The molecule has 0 heterocycles. The highest BCUT2D eigenvalue weighted by molar-refractivity contribution is 6.31. The number of hydrogen-bond donors (Lipinski definition) is 2. The number of benzene rings is 1. The molecule has 3 nitrogen and oxygen atoms in total. The lowest BCUT2D eigenvalue weighted by atomic mass is 9.95. The molecule has 4 heteroatoms. The van der Waals surface area contributed by atoms with E-state index in [1.165, 1.54) is 0 Å². The molecule has 0 spiro atoms. The quantitative estimate of drug-likeness (QED) is 0.868. The molecule has 0 bridgehead atoms. The third-order valence-corrected chi connectivity index (χ3v) is 3.00. The maximum atomic E-state index is 11.8. The van der Waals surface area contributed by atoms with Crippen LogP contribution in [0.15, 0.2) is 18.2 Å². The second-order valence-electron chi connectivity index (χ2n) is 4.97. The van der Waals surface area contributed by atoms with E-state index in [0.717, 1.165) is 5.56 Å². The van der Waals surface area contributed by atoms with E-state index >= 15 is 0 Å². The molecule has 1 aromatic carbocycles. The number of aliphatic hydroxyl groups excluding tert-OH is 1. The Balaban J connectivity index is 2.68. The number of hydrogen-bond acceptors (Lipinski definition) is 2. The minimum absolute atomic E-state index is 0.0297. The fraction of sp³-hybridized carbons (Fsp3) is 0.462. The van der Waals surface area contributed by atoms with Crippen molar-refractivity contribution in [1.82, 2.24) is 5.32 Å². The Bertz CT molecular complexity index is 416. The first-order valence-corrected chi connectivity index (χ1v) is 5.89. The van der Waals surface area contributed by atoms with E-state index < -0.39 is 0 Å². The molecule has 1 aromatic rings. The van der Waals surface area contributed by atoms with E-state index in [2.05, 4.69) is 5.32 Å². The molecule has 0 saturated heterocycles. The average molecular weight is 256 g/mol. The van der Waals surface area contributed by atoms with Gasteiger partial charge in [0.15, 0.2) is 0 Å². The lowest BCUT2D eigenvalue weighted by Gasteiger charge is -2.21. The van der Waals surface area contributed by atoms with Crippen molar-refractivity contribution in [2.24, 2.45) is 5.41 Å². The first-order chi connectivity index (χ1) is 7.85. The molecular formula is C13H18ClNO2. The molecule has 0 fully saturated rings. The predicted molar refractivity (Wildman–Crippen MR) is 69.4 cm³/mol. The summed E-state index contributed by atoms with van der Waals surface area (Å²) in [6, 6.07) is 5.20. The summed E-state index contributed by atoms with van der Waals surface area (Å²) in [5, 5.41) is 12.4. The second-order valence-corrected chi connectivity index (χ2v) is 5.38. The molecule has 17 heavy (non-hydrogen) atoms. The van der Waals surface area contributed by atoms with Gasteiger partial charge in [0.25, 0.3) is 5.91 Å². The summed E-state index contributed by atoms with van der Waals surface area (Å²) in [5.74, 6) is -0.173. The third-order valence-electron chi connectivity index (χ3n) is 2.59. The van der Waals surface area contributed by atoms with Crippen LogP contribution in [0.1, 0.15) is 29.8 Å². The Morgan fingerprint density at radius 3 is 2.65 bits per heavy atom. The van der Waals surface area contributed by atoms with Crippen LogP contribution in [0.5, 0.6) is 0 Å². The van der Waals surface area contributed by atoms with Gasteiger partial charge < -0.3 is 10.4 Å². The molecule has 0 saturated carbocycles. The highest BCUT2D eigenvalue weighted by Gasteiger charge is 2.18. The monoisotopic (exact) mass is 255 g/mol. The molecule has 0 atom stereocenters. The molecule has 0 radical (unpaired) electrons. The summed E-state index contributed by atoms with van der Waals surface area (Å²) >= 11 is 5.96. The van der Waals surface area contributed by atoms with Gasteiger partial charge in [-0.15, -0.1) is 0 Å². The number of aliphatic hydroxyl groups is 1. The molecular weight excluding hydrogens is 238 g/mol. The van der Waals surface area contributed by atoms with E-state index in [4.69, 9.17) is 16.7 Å². The lowest BCUT2D eigenvalue weighted by Crippen LogP contribution is -2.36. The van der Waals surface area contributed by atoms with Gasteiger partial charge in [-0.1, -0.05) is 31.5 Å². The van der Waals surface area contributed by atoms with Crippen molar-refractivity contribution >= 4 is 17.5 Å². The van der Waals surface area contributed by atoms with Crippen molar-refractivity contribution in [3.8, 4) is 0 Å². The molecule has 0 aliphatic rings. The van der Waals surface area contributed by atoms with Crippen molar-refractivity contribution in [3.05, 3.63) is 34.3 Å². The maximum absolute atomic E-state index is 11.8. The average Bonchev–Trinajstić information content (AvgIpc) is 2.30. The maximum Gasteiger partial charge on any atom is 0.251 e. The van der Waals surface area contributed by atoms with Crippen LogP contribution in [0.25, 0.3) is 0 Å². The third kappa shape index (κ3) is 4.02. The van der Waals surface area contributed by atoms with Crippen molar-refractivity contribution in [3.63, 3.8) is 0 Å². The van der Waals surface area contributed by atoms with Crippen LogP contribution >= 0.6 is 11.6 Å². The lowest BCUT2D eigenvalue weighted by molar-refractivity contribution is 0.0911. The molecule has 0 aliphatic carbocycles. The fourth-order valence-corrected chi connectivity index (χ4v) is 1.39. The number of aryl methyl sites for hydroxylation is 1. The van der Waals surface area contributed by atoms with Crippen LogP contribution in [0.3, 0.4) is 0 Å². The zero-order valence-corrected chi connectivity index (χ0v) is 11.1. The highest BCUT2D eigenvalue weighted by Crippen LogP contribution is 2.17. The van der Waals surface area contributed by atoms with Gasteiger partial charge in [-0.05, 0) is 24.6 Å². The zero-order chi connectivity index (χ0) is 13.1. The molecule has 2 N–H and O–H groups in total. The van der Waals surface area contributed by atoms with E-state index in [0.29, 0.717) is 17.1 Å². The molecule has 1 amide bonds. The van der Waals surface area contributed by atoms with Crippen LogP contribution in [0.2, 0.25) is 5.02 Å². The van der Waals surface area contributed by atoms with Gasteiger partial charge in [0.2, 0.25) is 0 Å². The molecule has 1 rings (SSSR count). The van der Waals surface area contributed by atoms with Gasteiger partial charge in [0.1, 0.15) is 0 Å². The van der Waals surface area contributed by atoms with Gasteiger partial charge in [-0.25, -0.2) is 0 Å². The van der Waals surface area contributed by atoms with E-state index in [-0.39, 0.29) is 17.9 Å². The topological polar surface area (TPSA) is 49.3 Å². The van der Waals surface area contributed by atoms with E-state index in [1.807, 2.05) is 26.8 Å². The number of carbonyl (C=O) groups excluding carboxylic acids is 1. The minimum atomic E-state index is -0.315. The largest absolute Gasteiger partial charge is 0.396 e. The van der Waals surface area contributed by atoms with Gasteiger partial charge in [0, 0.05) is 29.2 Å². The summed E-state index contributed by atoms with van der Waals surface area (Å²) in [6.07, 6.45) is 0. The van der Waals surface area contributed by atoms with Gasteiger partial charge in [0.05, 0.1) is 0 Å². The van der Waals surface area contributed by atoms with E-state index in [9.17, 15) is 4.79 Å². The Hall–Kier alpha value is -1.06. The first-order valence-electron chi connectivity index (χ1n) is 5.51. The predicted octanol–water partition coefficient (Wildman–Crippen LogP) is 2.40. The summed E-state index contributed by atoms with van der Waals surface area (Å²) in [6.45, 7) is 6.11. The fourth-order valence-electron chi connectivity index (χ4n) is 1.21. The van der Waals surface area contributed by atoms with Crippen LogP contribution in [-0.4, -0.2) is 24.2 Å². The van der Waals surface area contributed by atoms with Crippen LogP contribution in [-0.2, 0) is 0 Å². The van der Waals surface area contributed by atoms with Crippen molar-refractivity contribution in [1.29, 1.82) is 0 Å². The number of nitrogens with one attached hydrogen (secondary N) is 1. The highest BCUT2D eigenvalue weighted by atomic mass is 35.5. The Kier molecular flexibility index (Phi) is 4.54. The van der Waals surface area contributed by atoms with Crippen molar-refractivity contribution < 1.29 is 9.90 Å². The van der Waals surface area contributed by atoms with E-state index in [1.54, 1.807) is 12.1 Å². The minimum Gasteiger partial charge on any atom is -0.396 e.